The number of hydrogen-bond acceptors (Lipinski definition) is 2. The smallest absolute Gasteiger partial charge is 0.0948 e. The first-order valence-electron chi connectivity index (χ1n) is 7.03. The van der Waals surface area contributed by atoms with Gasteiger partial charge in [0.05, 0.1) is 18.6 Å². The van der Waals surface area contributed by atoms with Crippen LogP contribution in [0.1, 0.15) is 18.2 Å². The van der Waals surface area contributed by atoms with Crippen molar-refractivity contribution in [2.75, 3.05) is 7.05 Å². The lowest BCUT2D eigenvalue weighted by Crippen LogP contribution is -2.06. The number of hydrogen-bond donors (Lipinski definition) is 1. The minimum absolute atomic E-state index is 0.861. The molecule has 0 aliphatic carbocycles. The van der Waals surface area contributed by atoms with Crippen LogP contribution in [0.4, 0.5) is 0 Å². The fourth-order valence-electron chi connectivity index (χ4n) is 2.62. The summed E-state index contributed by atoms with van der Waals surface area (Å²) >= 11 is 0. The number of fused-ring (bicyclic) bond motifs is 1. The van der Waals surface area contributed by atoms with Crippen LogP contribution in [0, 0.1) is 0 Å². The Balaban J connectivity index is 1.96. The molecule has 3 aromatic rings. The largest absolute Gasteiger partial charge is 0.341 e. The first-order valence-corrected chi connectivity index (χ1v) is 7.03. The second kappa shape index (κ2) is 5.51. The lowest BCUT2D eigenvalue weighted by atomic mass is 10.1. The number of benzene rings is 1. The van der Waals surface area contributed by atoms with Gasteiger partial charge in [0, 0.05) is 31.0 Å². The Hall–Kier alpha value is -2.07. The molecule has 0 saturated carbocycles. The van der Waals surface area contributed by atoms with Crippen LogP contribution in [0.15, 0.2) is 43.0 Å². The van der Waals surface area contributed by atoms with Crippen molar-refractivity contribution in [3.63, 3.8) is 0 Å². The van der Waals surface area contributed by atoms with Gasteiger partial charge in [-0.3, -0.25) is 0 Å². The maximum absolute atomic E-state index is 4.24. The molecule has 104 valence electrons. The quantitative estimate of drug-likeness (QED) is 0.772. The van der Waals surface area contributed by atoms with E-state index in [1.807, 2.05) is 19.6 Å². The van der Waals surface area contributed by atoms with Gasteiger partial charge in [0.1, 0.15) is 0 Å². The zero-order valence-electron chi connectivity index (χ0n) is 12.0. The Bertz CT molecular complexity index is 708. The van der Waals surface area contributed by atoms with E-state index in [9.17, 15) is 0 Å². The van der Waals surface area contributed by atoms with E-state index in [4.69, 9.17) is 0 Å². The minimum atomic E-state index is 0.861. The van der Waals surface area contributed by atoms with Crippen LogP contribution >= 0.6 is 0 Å². The Morgan fingerprint density at radius 1 is 1.20 bits per heavy atom. The molecule has 3 rings (SSSR count). The van der Waals surface area contributed by atoms with E-state index in [0.29, 0.717) is 0 Å². The van der Waals surface area contributed by atoms with E-state index in [2.05, 4.69) is 56.8 Å². The summed E-state index contributed by atoms with van der Waals surface area (Å²) < 4.78 is 4.47. The topological polar surface area (TPSA) is 34.8 Å². The van der Waals surface area contributed by atoms with Crippen molar-refractivity contribution in [2.24, 2.45) is 0 Å². The predicted octanol–water partition coefficient (Wildman–Crippen LogP) is 2.63. The molecule has 1 N–H and O–H groups in total. The number of aryl methyl sites for hydroxylation is 1. The average molecular weight is 268 g/mol. The normalized spacial score (nSPS) is 11.3. The maximum Gasteiger partial charge on any atom is 0.0948 e. The molecular weight excluding hydrogens is 248 g/mol. The van der Waals surface area contributed by atoms with E-state index < -0.39 is 0 Å². The van der Waals surface area contributed by atoms with E-state index in [0.717, 1.165) is 19.6 Å². The van der Waals surface area contributed by atoms with Crippen LogP contribution in [-0.4, -0.2) is 21.2 Å². The van der Waals surface area contributed by atoms with Crippen molar-refractivity contribution in [1.29, 1.82) is 0 Å². The second-order valence-corrected chi connectivity index (χ2v) is 5.04. The molecule has 2 aromatic heterocycles. The van der Waals surface area contributed by atoms with Crippen LogP contribution in [-0.2, 0) is 19.6 Å². The molecule has 0 atom stereocenters. The Labute approximate surface area is 119 Å². The molecule has 0 bridgehead atoms. The van der Waals surface area contributed by atoms with E-state index >= 15 is 0 Å². The maximum atomic E-state index is 4.24. The number of rotatable bonds is 5. The lowest BCUT2D eigenvalue weighted by Gasteiger charge is -2.09. The van der Waals surface area contributed by atoms with Crippen LogP contribution in [0.5, 0.6) is 0 Å². The van der Waals surface area contributed by atoms with E-state index in [1.165, 1.54) is 22.2 Å². The van der Waals surface area contributed by atoms with Gasteiger partial charge in [0.25, 0.3) is 0 Å². The number of nitrogens with one attached hydrogen (secondary N) is 1. The highest BCUT2D eigenvalue weighted by atomic mass is 15.1. The number of imidazole rings is 1. The van der Waals surface area contributed by atoms with Gasteiger partial charge in [0.15, 0.2) is 0 Å². The summed E-state index contributed by atoms with van der Waals surface area (Å²) in [5.74, 6) is 0. The van der Waals surface area contributed by atoms with Gasteiger partial charge in [-0.15, -0.1) is 0 Å². The molecule has 0 saturated heterocycles. The highest BCUT2D eigenvalue weighted by Crippen LogP contribution is 2.19. The second-order valence-electron chi connectivity index (χ2n) is 5.04. The highest BCUT2D eigenvalue weighted by Gasteiger charge is 2.06. The first kappa shape index (κ1) is 12.9. The summed E-state index contributed by atoms with van der Waals surface area (Å²) in [5, 5.41) is 4.49. The Kier molecular flexibility index (Phi) is 3.56. The van der Waals surface area contributed by atoms with Crippen LogP contribution < -0.4 is 5.32 Å². The number of nitrogens with zero attached hydrogens (tertiary/aromatic N) is 3. The van der Waals surface area contributed by atoms with Crippen LogP contribution in [0.3, 0.4) is 0 Å². The van der Waals surface area contributed by atoms with Crippen LogP contribution in [0.25, 0.3) is 10.9 Å². The fourth-order valence-corrected chi connectivity index (χ4v) is 2.62. The summed E-state index contributed by atoms with van der Waals surface area (Å²) in [6.45, 7) is 4.86. The Morgan fingerprint density at radius 2 is 2.10 bits per heavy atom. The molecule has 0 aliphatic rings. The predicted molar refractivity (Wildman–Crippen MR) is 81.7 cm³/mol. The third-order valence-electron chi connectivity index (χ3n) is 3.69. The molecule has 4 nitrogen and oxygen atoms in total. The van der Waals surface area contributed by atoms with E-state index in [-0.39, 0.29) is 0 Å². The van der Waals surface area contributed by atoms with Gasteiger partial charge in [-0.2, -0.15) is 0 Å². The van der Waals surface area contributed by atoms with Crippen molar-refractivity contribution in [1.82, 2.24) is 19.4 Å². The third kappa shape index (κ3) is 2.34. The summed E-state index contributed by atoms with van der Waals surface area (Å²) in [7, 11) is 1.98. The molecule has 20 heavy (non-hydrogen) atoms. The summed E-state index contributed by atoms with van der Waals surface area (Å²) in [6.07, 6.45) is 6.00. The molecule has 0 amide bonds. The fraction of sp³-hybridized carbons (Fsp3) is 0.312. The van der Waals surface area contributed by atoms with Gasteiger partial charge in [-0.25, -0.2) is 4.98 Å². The molecule has 1 aromatic carbocycles. The monoisotopic (exact) mass is 268 g/mol. The van der Waals surface area contributed by atoms with Gasteiger partial charge < -0.3 is 14.5 Å². The van der Waals surface area contributed by atoms with Crippen LogP contribution in [0.2, 0.25) is 0 Å². The van der Waals surface area contributed by atoms with Gasteiger partial charge >= 0.3 is 0 Å². The minimum Gasteiger partial charge on any atom is -0.341 e. The molecule has 0 spiro atoms. The molecule has 0 aliphatic heterocycles. The highest BCUT2D eigenvalue weighted by molar-refractivity contribution is 5.80. The summed E-state index contributed by atoms with van der Waals surface area (Å²) in [5.41, 5.74) is 3.83. The molecule has 4 heteroatoms. The van der Waals surface area contributed by atoms with Crippen molar-refractivity contribution in [3.8, 4) is 0 Å². The van der Waals surface area contributed by atoms with Gasteiger partial charge in [-0.1, -0.05) is 12.1 Å². The van der Waals surface area contributed by atoms with Crippen molar-refractivity contribution >= 4 is 10.9 Å². The van der Waals surface area contributed by atoms with Gasteiger partial charge in [-0.05, 0) is 37.1 Å². The molecule has 0 unspecified atom stereocenters. The first-order chi connectivity index (χ1) is 9.81. The molecule has 0 radical (unpaired) electrons. The SMILES string of the molecule is CCn1cncc1Cn1ccc2ccc(CNC)cc21. The molecule has 0 fully saturated rings. The summed E-state index contributed by atoms with van der Waals surface area (Å²) in [4.78, 5) is 4.24. The zero-order valence-corrected chi connectivity index (χ0v) is 12.0. The lowest BCUT2D eigenvalue weighted by molar-refractivity contribution is 0.678. The zero-order chi connectivity index (χ0) is 13.9. The van der Waals surface area contributed by atoms with Crippen molar-refractivity contribution in [2.45, 2.75) is 26.6 Å². The van der Waals surface area contributed by atoms with E-state index in [1.54, 1.807) is 0 Å². The molecular formula is C16H20N4. The third-order valence-corrected chi connectivity index (χ3v) is 3.69. The summed E-state index contributed by atoms with van der Waals surface area (Å²) in [6, 6.07) is 8.80. The standard InChI is InChI=1S/C16H20N4/c1-3-19-12-18-10-15(19)11-20-7-6-14-5-4-13(9-17-2)8-16(14)20/h4-8,10,12,17H,3,9,11H2,1-2H3. The van der Waals surface area contributed by atoms with Crippen molar-refractivity contribution in [3.05, 3.63) is 54.2 Å². The van der Waals surface area contributed by atoms with Gasteiger partial charge in [0.2, 0.25) is 0 Å². The molecule has 2 heterocycles. The Morgan fingerprint density at radius 3 is 2.90 bits per heavy atom. The number of aromatic nitrogens is 3. The average Bonchev–Trinajstić information content (AvgIpc) is 3.07. The van der Waals surface area contributed by atoms with Crippen molar-refractivity contribution < 1.29 is 0 Å².